The van der Waals surface area contributed by atoms with Crippen LogP contribution in [0.2, 0.25) is 0 Å². The van der Waals surface area contributed by atoms with Crippen LogP contribution >= 0.6 is 0 Å². The van der Waals surface area contributed by atoms with E-state index in [0.29, 0.717) is 23.6 Å². The Morgan fingerprint density at radius 2 is 1.86 bits per heavy atom. The van der Waals surface area contributed by atoms with E-state index in [0.717, 1.165) is 43.5 Å². The Morgan fingerprint density at radius 1 is 1.17 bits per heavy atom. The highest BCUT2D eigenvalue weighted by Gasteiger charge is 2.48. The molecule has 4 rings (SSSR count). The summed E-state index contributed by atoms with van der Waals surface area (Å²) in [6, 6.07) is 6.74. The highest BCUT2D eigenvalue weighted by molar-refractivity contribution is 6.02. The fourth-order valence-corrected chi connectivity index (χ4v) is 4.61. The van der Waals surface area contributed by atoms with Crippen LogP contribution in [0.3, 0.4) is 0 Å². The van der Waals surface area contributed by atoms with Crippen LogP contribution in [-0.2, 0) is 4.79 Å². The summed E-state index contributed by atoms with van der Waals surface area (Å²) in [4.78, 5) is 38.2. The summed E-state index contributed by atoms with van der Waals surface area (Å²) < 4.78 is 29.6. The highest BCUT2D eigenvalue weighted by Crippen LogP contribution is 2.39. The molecule has 0 radical (unpaired) electrons. The van der Waals surface area contributed by atoms with E-state index in [1.165, 1.54) is 13.2 Å². The SMILES string of the molecule is CN(C)CCNC(=O)c1ccc(Nc2ncc3c(n2)N(C2CCCCC2)CC(F)(F)C(=O)N3C)cc1. The summed E-state index contributed by atoms with van der Waals surface area (Å²) in [5.41, 5.74) is 1.43. The Balaban J connectivity index is 1.55. The van der Waals surface area contributed by atoms with Crippen LogP contribution in [0, 0.1) is 0 Å². The fourth-order valence-electron chi connectivity index (χ4n) is 4.61. The molecule has 1 aromatic carbocycles. The van der Waals surface area contributed by atoms with Crippen molar-refractivity contribution in [1.29, 1.82) is 0 Å². The number of hydrogen-bond acceptors (Lipinski definition) is 7. The van der Waals surface area contributed by atoms with Crippen LogP contribution in [0.4, 0.5) is 31.9 Å². The molecule has 2 aliphatic rings. The fraction of sp³-hybridized carbons (Fsp3) is 0.520. The quantitative estimate of drug-likeness (QED) is 0.602. The number of nitrogens with one attached hydrogen (secondary N) is 2. The summed E-state index contributed by atoms with van der Waals surface area (Å²) in [7, 11) is 5.21. The second-order valence-corrected chi connectivity index (χ2v) is 9.65. The van der Waals surface area contributed by atoms with Crippen molar-refractivity contribution in [2.75, 3.05) is 55.9 Å². The summed E-state index contributed by atoms with van der Waals surface area (Å²) >= 11 is 0. The third kappa shape index (κ3) is 5.72. The summed E-state index contributed by atoms with van der Waals surface area (Å²) in [5.74, 6) is -4.40. The highest BCUT2D eigenvalue weighted by atomic mass is 19.3. The van der Waals surface area contributed by atoms with Crippen molar-refractivity contribution in [1.82, 2.24) is 20.2 Å². The van der Waals surface area contributed by atoms with Crippen molar-refractivity contribution in [2.45, 2.75) is 44.1 Å². The van der Waals surface area contributed by atoms with E-state index in [1.807, 2.05) is 19.0 Å². The van der Waals surface area contributed by atoms with Crippen molar-refractivity contribution in [3.05, 3.63) is 36.0 Å². The minimum Gasteiger partial charge on any atom is -0.351 e. The molecule has 0 spiro atoms. The molecule has 0 unspecified atom stereocenters. The smallest absolute Gasteiger partial charge is 0.342 e. The number of carbonyl (C=O) groups excluding carboxylic acids is 2. The first kappa shape index (κ1) is 25.7. The van der Waals surface area contributed by atoms with E-state index < -0.39 is 18.4 Å². The number of likely N-dealkylation sites (N-methyl/N-ethyl adjacent to an activating group) is 1. The van der Waals surface area contributed by atoms with Gasteiger partial charge in [0.15, 0.2) is 5.82 Å². The lowest BCUT2D eigenvalue weighted by Gasteiger charge is -2.35. The molecule has 2 aromatic rings. The minimum absolute atomic E-state index is 0.115. The normalized spacial score (nSPS) is 18.1. The maximum absolute atomic E-state index is 14.8. The van der Waals surface area contributed by atoms with Crippen LogP contribution in [0.25, 0.3) is 0 Å². The minimum atomic E-state index is -3.52. The van der Waals surface area contributed by atoms with Crippen LogP contribution in [-0.4, -0.2) is 79.4 Å². The van der Waals surface area contributed by atoms with E-state index >= 15 is 0 Å². The Morgan fingerprint density at radius 3 is 2.53 bits per heavy atom. The van der Waals surface area contributed by atoms with Crippen LogP contribution < -0.4 is 20.4 Å². The number of nitrogens with zero attached hydrogens (tertiary/aromatic N) is 5. The number of benzene rings is 1. The average Bonchev–Trinajstić information content (AvgIpc) is 2.93. The molecule has 0 saturated heterocycles. The largest absolute Gasteiger partial charge is 0.351 e. The number of alkyl halides is 2. The molecule has 2 N–H and O–H groups in total. The van der Waals surface area contributed by atoms with Gasteiger partial charge < -0.3 is 25.3 Å². The van der Waals surface area contributed by atoms with E-state index in [1.54, 1.807) is 29.2 Å². The van der Waals surface area contributed by atoms with Gasteiger partial charge >= 0.3 is 5.92 Å². The Labute approximate surface area is 209 Å². The Bertz CT molecular complexity index is 1090. The molecule has 1 saturated carbocycles. The predicted molar refractivity (Wildman–Crippen MR) is 135 cm³/mol. The van der Waals surface area contributed by atoms with Crippen molar-refractivity contribution >= 4 is 35.0 Å². The molecule has 1 fully saturated rings. The van der Waals surface area contributed by atoms with Gasteiger partial charge in [-0.15, -0.1) is 0 Å². The molecule has 2 amide bonds. The lowest BCUT2D eigenvalue weighted by molar-refractivity contribution is -0.140. The van der Waals surface area contributed by atoms with Crippen molar-refractivity contribution in [3.63, 3.8) is 0 Å². The van der Waals surface area contributed by atoms with E-state index in [-0.39, 0.29) is 23.6 Å². The lowest BCUT2D eigenvalue weighted by atomic mass is 9.94. The van der Waals surface area contributed by atoms with Gasteiger partial charge in [0, 0.05) is 37.4 Å². The molecule has 11 heteroatoms. The number of anilines is 4. The molecule has 1 aliphatic heterocycles. The number of carbonyl (C=O) groups is 2. The number of aromatic nitrogens is 2. The van der Waals surface area contributed by atoms with Gasteiger partial charge in [-0.05, 0) is 51.2 Å². The van der Waals surface area contributed by atoms with Crippen molar-refractivity contribution in [3.8, 4) is 0 Å². The van der Waals surface area contributed by atoms with Gasteiger partial charge in [0.2, 0.25) is 5.95 Å². The zero-order chi connectivity index (χ0) is 25.9. The van der Waals surface area contributed by atoms with Gasteiger partial charge in [-0.25, -0.2) is 4.98 Å². The van der Waals surface area contributed by atoms with Crippen LogP contribution in [0.5, 0.6) is 0 Å². The first-order valence-corrected chi connectivity index (χ1v) is 12.3. The average molecular weight is 502 g/mol. The van der Waals surface area contributed by atoms with Crippen molar-refractivity contribution in [2.24, 2.45) is 0 Å². The number of halogens is 2. The molecule has 1 aliphatic carbocycles. The van der Waals surface area contributed by atoms with E-state index in [9.17, 15) is 18.4 Å². The zero-order valence-electron chi connectivity index (χ0n) is 20.9. The lowest BCUT2D eigenvalue weighted by Crippen LogP contribution is -2.49. The van der Waals surface area contributed by atoms with Crippen molar-refractivity contribution < 1.29 is 18.4 Å². The number of amides is 2. The van der Waals surface area contributed by atoms with Gasteiger partial charge in [-0.3, -0.25) is 9.59 Å². The molecule has 194 valence electrons. The second-order valence-electron chi connectivity index (χ2n) is 9.65. The van der Waals surface area contributed by atoms with E-state index in [4.69, 9.17) is 0 Å². The van der Waals surface area contributed by atoms with E-state index in [2.05, 4.69) is 20.6 Å². The molecule has 9 nitrogen and oxygen atoms in total. The molecule has 1 aromatic heterocycles. The molecular formula is C25H33F2N7O2. The third-order valence-corrected chi connectivity index (χ3v) is 6.63. The molecule has 36 heavy (non-hydrogen) atoms. The maximum Gasteiger partial charge on any atom is 0.342 e. The molecule has 2 heterocycles. The Hall–Kier alpha value is -3.34. The maximum atomic E-state index is 14.8. The van der Waals surface area contributed by atoms with Crippen LogP contribution in [0.1, 0.15) is 42.5 Å². The summed E-state index contributed by atoms with van der Waals surface area (Å²) in [6.45, 7) is 0.579. The van der Waals surface area contributed by atoms with Crippen LogP contribution in [0.15, 0.2) is 30.5 Å². The molecule has 0 bridgehead atoms. The standard InChI is InChI=1S/C25H33F2N7O2/c1-32(2)14-13-28-22(35)17-9-11-18(12-10-17)30-24-29-15-20-21(31-24)34(19-7-5-4-6-8-19)16-25(26,27)23(36)33(20)3/h9-12,15,19H,4-8,13-14,16H2,1-3H3,(H,28,35)(H,29,30,31). The third-order valence-electron chi connectivity index (χ3n) is 6.63. The van der Waals surface area contributed by atoms with Gasteiger partial charge in [0.05, 0.1) is 12.7 Å². The monoisotopic (exact) mass is 501 g/mol. The summed E-state index contributed by atoms with van der Waals surface area (Å²) in [6.07, 6.45) is 5.95. The van der Waals surface area contributed by atoms with Gasteiger partial charge in [-0.1, -0.05) is 19.3 Å². The molecule has 0 atom stereocenters. The topological polar surface area (TPSA) is 93.7 Å². The Kier molecular flexibility index (Phi) is 7.67. The first-order valence-electron chi connectivity index (χ1n) is 12.3. The first-order chi connectivity index (χ1) is 17.2. The second kappa shape index (κ2) is 10.7. The summed E-state index contributed by atoms with van der Waals surface area (Å²) in [5, 5.41) is 5.96. The predicted octanol–water partition coefficient (Wildman–Crippen LogP) is 3.26. The van der Waals surface area contributed by atoms with Gasteiger partial charge in [0.1, 0.15) is 5.69 Å². The number of rotatable bonds is 7. The van der Waals surface area contributed by atoms with Gasteiger partial charge in [0.25, 0.3) is 11.8 Å². The zero-order valence-corrected chi connectivity index (χ0v) is 20.9. The number of hydrogen-bond donors (Lipinski definition) is 2. The molecular weight excluding hydrogens is 468 g/mol. The number of fused-ring (bicyclic) bond motifs is 1. The van der Waals surface area contributed by atoms with Gasteiger partial charge in [-0.2, -0.15) is 13.8 Å².